The Balaban J connectivity index is 1.89. The number of carbonyl (C=O) groups is 1. The molecule has 0 radical (unpaired) electrons. The first-order chi connectivity index (χ1) is 10.1. The lowest BCUT2D eigenvalue weighted by atomic mass is 10.3. The number of rotatable bonds is 7. The fourth-order valence-corrected chi connectivity index (χ4v) is 1.98. The molecule has 2 heterocycles. The van der Waals surface area contributed by atoms with Gasteiger partial charge in [-0.1, -0.05) is 13.3 Å². The van der Waals surface area contributed by atoms with Crippen molar-refractivity contribution in [2.75, 3.05) is 6.54 Å². The van der Waals surface area contributed by atoms with Crippen LogP contribution in [0.3, 0.4) is 0 Å². The summed E-state index contributed by atoms with van der Waals surface area (Å²) >= 11 is 0. The molecule has 7 heteroatoms. The van der Waals surface area contributed by atoms with Gasteiger partial charge in [-0.2, -0.15) is 5.10 Å². The van der Waals surface area contributed by atoms with Crippen LogP contribution in [0.5, 0.6) is 0 Å². The van der Waals surface area contributed by atoms with Crippen LogP contribution in [0.15, 0.2) is 10.5 Å². The number of aromatic nitrogens is 4. The molecule has 2 rings (SSSR count). The van der Waals surface area contributed by atoms with Crippen molar-refractivity contribution < 1.29 is 9.21 Å². The topological polar surface area (TPSA) is 85.8 Å². The minimum atomic E-state index is 0.0135. The fraction of sp³-hybridized carbons (Fsp3) is 0.571. The number of unbranched alkanes of at least 4 members (excludes halogenated alkanes) is 1. The van der Waals surface area contributed by atoms with E-state index in [1.165, 1.54) is 0 Å². The Labute approximate surface area is 123 Å². The largest absolute Gasteiger partial charge is 0.419 e. The molecule has 114 valence electrons. The number of hydrogen-bond acceptors (Lipinski definition) is 5. The van der Waals surface area contributed by atoms with E-state index < -0.39 is 0 Å². The van der Waals surface area contributed by atoms with E-state index in [0.29, 0.717) is 24.6 Å². The van der Waals surface area contributed by atoms with Gasteiger partial charge in [0, 0.05) is 26.4 Å². The summed E-state index contributed by atoms with van der Waals surface area (Å²) in [6.07, 6.45) is 2.87. The second kappa shape index (κ2) is 7.01. The predicted molar refractivity (Wildman–Crippen MR) is 77.5 cm³/mol. The minimum absolute atomic E-state index is 0.0135. The zero-order valence-electron chi connectivity index (χ0n) is 12.7. The Hall–Kier alpha value is -2.18. The summed E-state index contributed by atoms with van der Waals surface area (Å²) in [5, 5.41) is 15.1. The van der Waals surface area contributed by atoms with Crippen LogP contribution in [-0.4, -0.2) is 32.4 Å². The summed E-state index contributed by atoms with van der Waals surface area (Å²) < 4.78 is 7.28. The molecule has 0 atom stereocenters. The molecule has 0 bridgehead atoms. The van der Waals surface area contributed by atoms with Crippen molar-refractivity contribution in [2.45, 2.75) is 39.5 Å². The molecule has 7 nitrogen and oxygen atoms in total. The lowest BCUT2D eigenvalue weighted by Gasteiger charge is -2.01. The first kappa shape index (κ1) is 15.2. The molecule has 1 amide bonds. The van der Waals surface area contributed by atoms with Gasteiger partial charge in [0.15, 0.2) is 0 Å². The molecule has 2 aromatic heterocycles. The van der Waals surface area contributed by atoms with Crippen LogP contribution in [0, 0.1) is 6.92 Å². The van der Waals surface area contributed by atoms with E-state index in [1.807, 2.05) is 20.0 Å². The van der Waals surface area contributed by atoms with E-state index in [9.17, 15) is 4.79 Å². The Morgan fingerprint density at radius 2 is 2.24 bits per heavy atom. The monoisotopic (exact) mass is 291 g/mol. The summed E-state index contributed by atoms with van der Waals surface area (Å²) in [6, 6.07) is 1.88. The second-order valence-corrected chi connectivity index (χ2v) is 5.00. The van der Waals surface area contributed by atoms with Gasteiger partial charge in [0.2, 0.25) is 11.8 Å². The minimum Gasteiger partial charge on any atom is -0.419 e. The molecule has 0 saturated heterocycles. The van der Waals surface area contributed by atoms with Gasteiger partial charge in [0.1, 0.15) is 5.69 Å². The van der Waals surface area contributed by atoms with Crippen LogP contribution in [0.4, 0.5) is 0 Å². The number of amides is 1. The summed E-state index contributed by atoms with van der Waals surface area (Å²) in [4.78, 5) is 11.6. The summed E-state index contributed by atoms with van der Waals surface area (Å²) in [6.45, 7) is 4.71. The highest BCUT2D eigenvalue weighted by Crippen LogP contribution is 2.18. The molecule has 1 N–H and O–H groups in total. The summed E-state index contributed by atoms with van der Waals surface area (Å²) in [5.41, 5.74) is 1.67. The van der Waals surface area contributed by atoms with Crippen molar-refractivity contribution in [3.63, 3.8) is 0 Å². The van der Waals surface area contributed by atoms with Gasteiger partial charge in [-0.05, 0) is 19.4 Å². The van der Waals surface area contributed by atoms with Gasteiger partial charge >= 0.3 is 0 Å². The van der Waals surface area contributed by atoms with Crippen LogP contribution in [0.2, 0.25) is 0 Å². The third-order valence-electron chi connectivity index (χ3n) is 3.11. The summed E-state index contributed by atoms with van der Waals surface area (Å²) in [5.74, 6) is 0.911. The van der Waals surface area contributed by atoms with Crippen LogP contribution in [0.1, 0.15) is 37.8 Å². The standard InChI is InChI=1S/C14H21N5O2/c1-4-5-8-15-12(20)6-7-13-16-17-14(21-13)11-9-10(2)18-19(11)3/h9H,4-8H2,1-3H3,(H,15,20). The van der Waals surface area contributed by atoms with Gasteiger partial charge in [0.25, 0.3) is 5.89 Å². The Kier molecular flexibility index (Phi) is 5.08. The average molecular weight is 291 g/mol. The highest BCUT2D eigenvalue weighted by molar-refractivity contribution is 5.75. The maximum Gasteiger partial charge on any atom is 0.265 e. The Morgan fingerprint density at radius 3 is 2.90 bits per heavy atom. The molecule has 0 aromatic carbocycles. The highest BCUT2D eigenvalue weighted by Gasteiger charge is 2.14. The van der Waals surface area contributed by atoms with Crippen LogP contribution >= 0.6 is 0 Å². The van der Waals surface area contributed by atoms with E-state index in [4.69, 9.17) is 4.42 Å². The van der Waals surface area contributed by atoms with E-state index in [0.717, 1.165) is 30.8 Å². The number of aryl methyl sites for hydroxylation is 3. The zero-order valence-corrected chi connectivity index (χ0v) is 12.7. The van der Waals surface area contributed by atoms with E-state index in [1.54, 1.807) is 4.68 Å². The van der Waals surface area contributed by atoms with E-state index >= 15 is 0 Å². The molecule has 0 fully saturated rings. The van der Waals surface area contributed by atoms with Gasteiger partial charge in [-0.15, -0.1) is 10.2 Å². The van der Waals surface area contributed by atoms with E-state index in [-0.39, 0.29) is 5.91 Å². The quantitative estimate of drug-likeness (QED) is 0.783. The zero-order chi connectivity index (χ0) is 15.2. The molecule has 0 aliphatic heterocycles. The Morgan fingerprint density at radius 1 is 1.43 bits per heavy atom. The van der Waals surface area contributed by atoms with Gasteiger partial charge in [-0.3, -0.25) is 9.48 Å². The van der Waals surface area contributed by atoms with E-state index in [2.05, 4.69) is 27.5 Å². The fourth-order valence-electron chi connectivity index (χ4n) is 1.98. The smallest absolute Gasteiger partial charge is 0.265 e. The average Bonchev–Trinajstić information content (AvgIpc) is 3.03. The lowest BCUT2D eigenvalue weighted by molar-refractivity contribution is -0.121. The molecule has 0 spiro atoms. The third kappa shape index (κ3) is 4.14. The Bertz CT molecular complexity index is 602. The van der Waals surface area contributed by atoms with Crippen LogP contribution in [-0.2, 0) is 18.3 Å². The molecular weight excluding hydrogens is 270 g/mol. The molecule has 2 aromatic rings. The van der Waals surface area contributed by atoms with Crippen molar-refractivity contribution in [3.05, 3.63) is 17.7 Å². The lowest BCUT2D eigenvalue weighted by Crippen LogP contribution is -2.24. The van der Waals surface area contributed by atoms with Crippen LogP contribution in [0.25, 0.3) is 11.6 Å². The second-order valence-electron chi connectivity index (χ2n) is 5.00. The maximum absolute atomic E-state index is 11.6. The first-order valence-corrected chi connectivity index (χ1v) is 7.20. The molecule has 0 saturated carbocycles. The van der Waals surface area contributed by atoms with Crippen molar-refractivity contribution >= 4 is 5.91 Å². The van der Waals surface area contributed by atoms with Crippen molar-refractivity contribution in [2.24, 2.45) is 7.05 Å². The SMILES string of the molecule is CCCCNC(=O)CCc1nnc(-c2cc(C)nn2C)o1. The molecule has 0 unspecified atom stereocenters. The van der Waals surface area contributed by atoms with Gasteiger partial charge < -0.3 is 9.73 Å². The van der Waals surface area contributed by atoms with Crippen molar-refractivity contribution in [1.29, 1.82) is 0 Å². The highest BCUT2D eigenvalue weighted by atomic mass is 16.4. The summed E-state index contributed by atoms with van der Waals surface area (Å²) in [7, 11) is 1.83. The predicted octanol–water partition coefficient (Wildman–Crippen LogP) is 1.63. The molecule has 21 heavy (non-hydrogen) atoms. The number of nitrogens with one attached hydrogen (secondary N) is 1. The first-order valence-electron chi connectivity index (χ1n) is 7.20. The number of hydrogen-bond donors (Lipinski definition) is 1. The molecule has 0 aliphatic rings. The van der Waals surface area contributed by atoms with Crippen LogP contribution < -0.4 is 5.32 Å². The number of nitrogens with zero attached hydrogens (tertiary/aromatic N) is 4. The molecule has 0 aliphatic carbocycles. The van der Waals surface area contributed by atoms with Crippen molar-refractivity contribution in [1.82, 2.24) is 25.3 Å². The van der Waals surface area contributed by atoms with Gasteiger partial charge in [0.05, 0.1) is 5.69 Å². The van der Waals surface area contributed by atoms with Gasteiger partial charge in [-0.25, -0.2) is 0 Å². The normalized spacial score (nSPS) is 10.8. The van der Waals surface area contributed by atoms with Crippen molar-refractivity contribution in [3.8, 4) is 11.6 Å². The maximum atomic E-state index is 11.6. The third-order valence-corrected chi connectivity index (χ3v) is 3.11. The number of carbonyl (C=O) groups excluding carboxylic acids is 1. The molecular formula is C14H21N5O2.